The molecule has 0 aliphatic rings. The van der Waals surface area contributed by atoms with Crippen molar-refractivity contribution in [3.8, 4) is 12.1 Å². The lowest BCUT2D eigenvalue weighted by Gasteiger charge is -2.11. The first-order chi connectivity index (χ1) is 26.2. The molecule has 0 saturated carbocycles. The first kappa shape index (κ1) is 40.7. The van der Waals surface area contributed by atoms with Crippen molar-refractivity contribution in [3.63, 3.8) is 0 Å². The van der Waals surface area contributed by atoms with Gasteiger partial charge in [0.05, 0.1) is 44.6 Å². The van der Waals surface area contributed by atoms with Crippen molar-refractivity contribution in [1.82, 2.24) is 0 Å². The number of nitriles is 2. The van der Waals surface area contributed by atoms with Gasteiger partial charge in [0.25, 0.3) is 31.9 Å². The van der Waals surface area contributed by atoms with Gasteiger partial charge < -0.3 is 10.6 Å². The van der Waals surface area contributed by atoms with Crippen molar-refractivity contribution >= 4 is 112 Å². The summed E-state index contributed by atoms with van der Waals surface area (Å²) in [6.45, 7) is 0. The summed E-state index contributed by atoms with van der Waals surface area (Å²) in [5.41, 5.74) is 1.86. The van der Waals surface area contributed by atoms with Crippen LogP contribution in [0.4, 0.5) is 22.7 Å². The van der Waals surface area contributed by atoms with Gasteiger partial charge in [-0.15, -0.1) is 22.7 Å². The number of carbonyl (C=O) groups excluding carboxylic acids is 2. The molecular weight excluding hydrogens is 847 g/mol. The predicted molar refractivity (Wildman–Crippen MR) is 216 cm³/mol. The van der Waals surface area contributed by atoms with Crippen molar-refractivity contribution in [1.29, 1.82) is 10.5 Å². The summed E-state index contributed by atoms with van der Waals surface area (Å²) >= 11 is 20.0. The molecule has 2 amide bonds. The topological polar surface area (TPSA) is 198 Å². The molecule has 55 heavy (non-hydrogen) atoms. The number of rotatable bonds is 10. The van der Waals surface area contributed by atoms with Crippen LogP contribution < -0.4 is 20.1 Å². The van der Waals surface area contributed by atoms with Gasteiger partial charge in [-0.05, 0) is 102 Å². The molecule has 0 radical (unpaired) electrons. The standard InChI is InChI=1S/C18H11Cl2N3O3S2.C18H12ClN3O3S2/c19-12-2-1-3-13(9-12)22-18(24)17-15(6-7-27-17)23-28(25,26)16-5-4-11(10-21)8-14(16)20;19-13-2-1-3-14(10-13)21-18(23)17-16(8-9-26-17)22-27(24,25)15-6-4-12(11-20)5-7-15/h1-9,23H,(H,22,24);1-10,22H,(H,21,23). The van der Waals surface area contributed by atoms with E-state index in [1.165, 1.54) is 54.6 Å². The summed E-state index contributed by atoms with van der Waals surface area (Å²) in [5.74, 6) is -0.939. The molecule has 2 aromatic heterocycles. The number of nitrogens with one attached hydrogen (secondary N) is 4. The number of nitrogens with zero attached hydrogens (tertiary/aromatic N) is 2. The zero-order valence-electron chi connectivity index (χ0n) is 27.6. The lowest BCUT2D eigenvalue weighted by atomic mass is 10.2. The molecule has 278 valence electrons. The van der Waals surface area contributed by atoms with Crippen LogP contribution in [0.15, 0.2) is 124 Å². The minimum absolute atomic E-state index is 0.00565. The monoisotopic (exact) mass is 868 g/mol. The van der Waals surface area contributed by atoms with Crippen LogP contribution in [0.5, 0.6) is 0 Å². The zero-order valence-corrected chi connectivity index (χ0v) is 33.1. The van der Waals surface area contributed by atoms with Crippen LogP contribution in [0.1, 0.15) is 30.5 Å². The second-order valence-corrected chi connectivity index (χ2v) is 17.3. The molecule has 0 aliphatic heterocycles. The van der Waals surface area contributed by atoms with E-state index >= 15 is 0 Å². The third kappa shape index (κ3) is 10.6. The lowest BCUT2D eigenvalue weighted by molar-refractivity contribution is 0.102. The van der Waals surface area contributed by atoms with E-state index in [2.05, 4.69) is 20.1 Å². The largest absolute Gasteiger partial charge is 0.321 e. The number of hydrogen-bond donors (Lipinski definition) is 4. The summed E-state index contributed by atoms with van der Waals surface area (Å²) in [6.07, 6.45) is 0. The Bertz CT molecular complexity index is 2710. The fourth-order valence-corrected chi connectivity index (χ4v) is 9.23. The van der Waals surface area contributed by atoms with Crippen LogP contribution in [-0.2, 0) is 20.0 Å². The van der Waals surface area contributed by atoms with Gasteiger partial charge in [0.1, 0.15) is 14.6 Å². The Morgan fingerprint density at radius 3 is 1.51 bits per heavy atom. The van der Waals surface area contributed by atoms with Crippen LogP contribution in [0.25, 0.3) is 0 Å². The Morgan fingerprint density at radius 2 is 1.05 bits per heavy atom. The van der Waals surface area contributed by atoms with Gasteiger partial charge in [-0.2, -0.15) is 10.5 Å². The summed E-state index contributed by atoms with van der Waals surface area (Å²) in [7, 11) is -7.96. The number of sulfonamides is 2. The Hall–Kier alpha value is -5.43. The number of hydrogen-bond acceptors (Lipinski definition) is 10. The SMILES string of the molecule is N#Cc1ccc(S(=O)(=O)Nc2ccsc2C(=O)Nc2cccc(Cl)c2)c(Cl)c1.N#Cc1ccc(S(=O)(=O)Nc2ccsc2C(=O)Nc2cccc(Cl)c2)cc1. The van der Waals surface area contributed by atoms with Gasteiger partial charge >= 0.3 is 0 Å². The number of thiophene rings is 2. The normalized spacial score (nSPS) is 10.9. The van der Waals surface area contributed by atoms with Crippen LogP contribution in [0.2, 0.25) is 15.1 Å². The van der Waals surface area contributed by atoms with Crippen molar-refractivity contribution in [3.05, 3.63) is 150 Å². The van der Waals surface area contributed by atoms with Crippen LogP contribution >= 0.6 is 57.5 Å². The molecule has 0 bridgehead atoms. The molecule has 0 spiro atoms. The molecular formula is C36H23Cl3N6O6S4. The highest BCUT2D eigenvalue weighted by molar-refractivity contribution is 7.93. The number of amides is 2. The first-order valence-corrected chi connectivity index (χ1v) is 21.1. The maximum absolute atomic E-state index is 12.7. The third-order valence-electron chi connectivity index (χ3n) is 7.04. The maximum Gasteiger partial charge on any atom is 0.267 e. The van der Waals surface area contributed by atoms with Crippen LogP contribution in [0, 0.1) is 22.7 Å². The van der Waals surface area contributed by atoms with Gasteiger partial charge in [-0.25, -0.2) is 16.8 Å². The van der Waals surface area contributed by atoms with E-state index in [1.54, 1.807) is 59.3 Å². The minimum atomic E-state index is -4.06. The first-order valence-electron chi connectivity index (χ1n) is 15.2. The Morgan fingerprint density at radius 1 is 0.582 bits per heavy atom. The van der Waals surface area contributed by atoms with E-state index in [4.69, 9.17) is 45.3 Å². The van der Waals surface area contributed by atoms with Gasteiger partial charge in [-0.1, -0.05) is 46.9 Å². The van der Waals surface area contributed by atoms with Gasteiger partial charge in [0.2, 0.25) is 0 Å². The molecule has 19 heteroatoms. The Balaban J connectivity index is 0.000000211. The molecule has 6 aromatic rings. The maximum atomic E-state index is 12.7. The highest BCUT2D eigenvalue weighted by Crippen LogP contribution is 2.30. The molecule has 0 fully saturated rings. The van der Waals surface area contributed by atoms with E-state index < -0.39 is 31.9 Å². The molecule has 0 aliphatic carbocycles. The molecule has 0 unspecified atom stereocenters. The van der Waals surface area contributed by atoms with E-state index in [1.807, 2.05) is 12.1 Å². The summed E-state index contributed by atoms with van der Waals surface area (Å²) < 4.78 is 55.2. The third-order valence-corrected chi connectivity index (χ3v) is 12.6. The number of halogens is 3. The van der Waals surface area contributed by atoms with Gasteiger partial charge in [0.15, 0.2) is 0 Å². The fourth-order valence-electron chi connectivity index (χ4n) is 4.54. The quantitative estimate of drug-likeness (QED) is 0.104. The van der Waals surface area contributed by atoms with Crippen LogP contribution in [-0.4, -0.2) is 28.6 Å². The minimum Gasteiger partial charge on any atom is -0.321 e. The second-order valence-electron chi connectivity index (χ2n) is 10.9. The average molecular weight is 870 g/mol. The molecule has 4 N–H and O–H groups in total. The second kappa shape index (κ2) is 17.8. The molecule has 0 saturated heterocycles. The highest BCUT2D eigenvalue weighted by Gasteiger charge is 2.23. The molecule has 6 rings (SSSR count). The van der Waals surface area contributed by atoms with E-state index in [9.17, 15) is 26.4 Å². The fraction of sp³-hybridized carbons (Fsp3) is 0. The predicted octanol–water partition coefficient (Wildman–Crippen LogP) is 9.31. The summed E-state index contributed by atoms with van der Waals surface area (Å²) in [6, 6.07) is 29.4. The number of benzene rings is 4. The van der Waals surface area contributed by atoms with E-state index in [0.717, 1.165) is 22.7 Å². The summed E-state index contributed by atoms with van der Waals surface area (Å²) in [4.78, 5) is 25.2. The lowest BCUT2D eigenvalue weighted by Crippen LogP contribution is -2.17. The van der Waals surface area contributed by atoms with Crippen molar-refractivity contribution in [2.75, 3.05) is 20.1 Å². The molecule has 12 nitrogen and oxygen atoms in total. The van der Waals surface area contributed by atoms with Crippen molar-refractivity contribution in [2.24, 2.45) is 0 Å². The Kier molecular flexibility index (Phi) is 13.2. The number of carbonyl (C=O) groups is 2. The Labute approximate surface area is 338 Å². The number of anilines is 4. The van der Waals surface area contributed by atoms with Crippen LogP contribution in [0.3, 0.4) is 0 Å². The highest BCUT2D eigenvalue weighted by atomic mass is 35.5. The zero-order chi connectivity index (χ0) is 39.8. The smallest absolute Gasteiger partial charge is 0.267 e. The van der Waals surface area contributed by atoms with Crippen molar-refractivity contribution < 1.29 is 26.4 Å². The van der Waals surface area contributed by atoms with Gasteiger partial charge in [-0.3, -0.25) is 19.0 Å². The van der Waals surface area contributed by atoms with Crippen molar-refractivity contribution in [2.45, 2.75) is 9.79 Å². The average Bonchev–Trinajstić information content (AvgIpc) is 3.81. The van der Waals surface area contributed by atoms with E-state index in [0.29, 0.717) is 27.0 Å². The molecule has 0 atom stereocenters. The van der Waals surface area contributed by atoms with Gasteiger partial charge in [0, 0.05) is 21.4 Å². The molecule has 4 aromatic carbocycles. The van der Waals surface area contributed by atoms with E-state index in [-0.39, 0.29) is 41.5 Å². The molecule has 2 heterocycles. The summed E-state index contributed by atoms with van der Waals surface area (Å²) in [5, 5.41) is 27.1.